The Bertz CT molecular complexity index is 280. The number of aromatic nitrogens is 2. The molecule has 2 heterocycles. The maximum absolute atomic E-state index is 5.60. The van der Waals surface area contributed by atoms with Gasteiger partial charge in [0, 0.05) is 11.5 Å². The molecule has 1 atom stereocenters. The van der Waals surface area contributed by atoms with Crippen LogP contribution in [0.15, 0.2) is 6.20 Å². The van der Waals surface area contributed by atoms with E-state index >= 15 is 0 Å². The zero-order valence-electron chi connectivity index (χ0n) is 7.58. The Morgan fingerprint density at radius 3 is 3.33 bits per heavy atom. The fraction of sp³-hybridized carbons (Fsp3) is 0.667. The highest BCUT2D eigenvalue weighted by Crippen LogP contribution is 2.24. The lowest BCUT2D eigenvalue weighted by Gasteiger charge is -2.23. The number of rotatable bonds is 1. The van der Waals surface area contributed by atoms with Gasteiger partial charge >= 0.3 is 0 Å². The lowest BCUT2D eigenvalue weighted by atomic mass is 10.1. The van der Waals surface area contributed by atoms with E-state index in [0.29, 0.717) is 5.92 Å². The van der Waals surface area contributed by atoms with Gasteiger partial charge in [-0.3, -0.25) is 0 Å². The van der Waals surface area contributed by atoms with Crippen molar-refractivity contribution < 1.29 is 4.74 Å². The van der Waals surface area contributed by atoms with Crippen LogP contribution in [0.2, 0.25) is 0 Å². The number of fused-ring (bicyclic) bond motifs is 1. The summed E-state index contributed by atoms with van der Waals surface area (Å²) in [6, 6.07) is 0. The highest BCUT2D eigenvalue weighted by Gasteiger charge is 2.19. The average Bonchev–Trinajstić information content (AvgIpc) is 2.47. The molecule has 0 radical (unpaired) electrons. The molecule has 1 aromatic heterocycles. The molecule has 0 saturated heterocycles. The molecule has 0 spiro atoms. The van der Waals surface area contributed by atoms with E-state index in [4.69, 9.17) is 4.74 Å². The molecule has 2 rings (SSSR count). The molecule has 0 aromatic carbocycles. The van der Waals surface area contributed by atoms with Gasteiger partial charge in [-0.1, -0.05) is 6.92 Å². The third-order valence-electron chi connectivity index (χ3n) is 2.43. The molecular formula is C9H14N2O. The lowest BCUT2D eigenvalue weighted by Crippen LogP contribution is -2.25. The van der Waals surface area contributed by atoms with Crippen LogP contribution in [0.1, 0.15) is 18.9 Å². The highest BCUT2D eigenvalue weighted by atomic mass is 16.5. The zero-order chi connectivity index (χ0) is 8.55. The predicted molar refractivity (Wildman–Crippen MR) is 46.2 cm³/mol. The van der Waals surface area contributed by atoms with Crippen molar-refractivity contribution in [1.29, 1.82) is 0 Å². The van der Waals surface area contributed by atoms with Gasteiger partial charge in [0.05, 0.1) is 19.3 Å². The summed E-state index contributed by atoms with van der Waals surface area (Å²) in [5.41, 5.74) is 1.14. The Morgan fingerprint density at radius 1 is 1.75 bits per heavy atom. The molecule has 0 saturated carbocycles. The molecule has 1 aromatic rings. The SMILES string of the molecule is CC[C@H]1COc2c(C)cnn2C1. The van der Waals surface area contributed by atoms with E-state index in [1.807, 2.05) is 17.8 Å². The van der Waals surface area contributed by atoms with Crippen LogP contribution >= 0.6 is 0 Å². The third kappa shape index (κ3) is 1.09. The molecule has 1 aliphatic heterocycles. The first-order valence-corrected chi connectivity index (χ1v) is 4.46. The summed E-state index contributed by atoms with van der Waals surface area (Å²) >= 11 is 0. The van der Waals surface area contributed by atoms with Gasteiger partial charge in [-0.2, -0.15) is 5.10 Å². The van der Waals surface area contributed by atoms with Crippen molar-refractivity contribution in [3.8, 4) is 5.88 Å². The van der Waals surface area contributed by atoms with Crippen LogP contribution in [0, 0.1) is 12.8 Å². The van der Waals surface area contributed by atoms with Crippen molar-refractivity contribution in [3.05, 3.63) is 11.8 Å². The number of aryl methyl sites for hydroxylation is 1. The molecule has 0 fully saturated rings. The summed E-state index contributed by atoms with van der Waals surface area (Å²) < 4.78 is 7.56. The summed E-state index contributed by atoms with van der Waals surface area (Å²) in [6.45, 7) is 6.09. The summed E-state index contributed by atoms with van der Waals surface area (Å²) in [6.07, 6.45) is 3.03. The van der Waals surface area contributed by atoms with Gasteiger partial charge in [-0.05, 0) is 13.3 Å². The maximum Gasteiger partial charge on any atom is 0.214 e. The van der Waals surface area contributed by atoms with Crippen molar-refractivity contribution in [3.63, 3.8) is 0 Å². The Labute approximate surface area is 72.3 Å². The minimum Gasteiger partial charge on any atom is -0.477 e. The normalized spacial score (nSPS) is 21.7. The highest BCUT2D eigenvalue weighted by molar-refractivity contribution is 5.23. The molecule has 0 unspecified atom stereocenters. The Morgan fingerprint density at radius 2 is 2.58 bits per heavy atom. The van der Waals surface area contributed by atoms with Crippen LogP contribution < -0.4 is 4.74 Å². The summed E-state index contributed by atoms with van der Waals surface area (Å²) in [7, 11) is 0. The molecule has 3 heteroatoms. The lowest BCUT2D eigenvalue weighted by molar-refractivity contribution is 0.160. The average molecular weight is 166 g/mol. The van der Waals surface area contributed by atoms with Crippen LogP contribution in [-0.2, 0) is 6.54 Å². The molecule has 0 aliphatic carbocycles. The van der Waals surface area contributed by atoms with Crippen LogP contribution in [-0.4, -0.2) is 16.4 Å². The van der Waals surface area contributed by atoms with E-state index in [0.717, 1.165) is 24.6 Å². The van der Waals surface area contributed by atoms with Crippen LogP contribution in [0.4, 0.5) is 0 Å². The molecule has 1 aliphatic rings. The standard InChI is InChI=1S/C9H14N2O/c1-3-8-5-11-9(12-6-8)7(2)4-10-11/h4,8H,3,5-6H2,1-2H3/t8-/m1/s1. The zero-order valence-corrected chi connectivity index (χ0v) is 7.58. The smallest absolute Gasteiger partial charge is 0.214 e. The number of hydrogen-bond donors (Lipinski definition) is 0. The van der Waals surface area contributed by atoms with Crippen LogP contribution in [0.5, 0.6) is 5.88 Å². The minimum absolute atomic E-state index is 0.636. The molecule has 66 valence electrons. The molecule has 0 bridgehead atoms. The first-order valence-electron chi connectivity index (χ1n) is 4.46. The second-order valence-corrected chi connectivity index (χ2v) is 3.40. The third-order valence-corrected chi connectivity index (χ3v) is 2.43. The summed E-state index contributed by atoms with van der Waals surface area (Å²) in [5, 5.41) is 4.25. The van der Waals surface area contributed by atoms with Crippen LogP contribution in [0.25, 0.3) is 0 Å². The van der Waals surface area contributed by atoms with E-state index in [1.165, 1.54) is 6.42 Å². The van der Waals surface area contributed by atoms with Crippen molar-refractivity contribution >= 4 is 0 Å². The first-order chi connectivity index (χ1) is 5.81. The quantitative estimate of drug-likeness (QED) is 0.633. The fourth-order valence-electron chi connectivity index (χ4n) is 1.53. The molecule has 3 nitrogen and oxygen atoms in total. The second kappa shape index (κ2) is 2.81. The molecule has 12 heavy (non-hydrogen) atoms. The number of ether oxygens (including phenoxy) is 1. The van der Waals surface area contributed by atoms with Crippen molar-refractivity contribution in [2.45, 2.75) is 26.8 Å². The Kier molecular flexibility index (Phi) is 1.79. The number of nitrogens with zero attached hydrogens (tertiary/aromatic N) is 2. The van der Waals surface area contributed by atoms with E-state index in [2.05, 4.69) is 12.0 Å². The molecule has 0 amide bonds. The van der Waals surface area contributed by atoms with Gasteiger partial charge in [0.15, 0.2) is 0 Å². The Balaban J connectivity index is 2.24. The topological polar surface area (TPSA) is 27.1 Å². The van der Waals surface area contributed by atoms with Gasteiger partial charge in [0.25, 0.3) is 0 Å². The van der Waals surface area contributed by atoms with Gasteiger partial charge in [-0.25, -0.2) is 4.68 Å². The Hall–Kier alpha value is -0.990. The largest absolute Gasteiger partial charge is 0.477 e. The van der Waals surface area contributed by atoms with E-state index in [1.54, 1.807) is 0 Å². The maximum atomic E-state index is 5.60. The monoisotopic (exact) mass is 166 g/mol. The second-order valence-electron chi connectivity index (χ2n) is 3.40. The van der Waals surface area contributed by atoms with Gasteiger partial charge in [-0.15, -0.1) is 0 Å². The van der Waals surface area contributed by atoms with Gasteiger partial charge in [0.1, 0.15) is 0 Å². The van der Waals surface area contributed by atoms with Crippen molar-refractivity contribution in [1.82, 2.24) is 9.78 Å². The van der Waals surface area contributed by atoms with E-state index < -0.39 is 0 Å². The van der Waals surface area contributed by atoms with Gasteiger partial charge in [0.2, 0.25) is 5.88 Å². The predicted octanol–water partition coefficient (Wildman–Crippen LogP) is 1.61. The van der Waals surface area contributed by atoms with Crippen LogP contribution in [0.3, 0.4) is 0 Å². The summed E-state index contributed by atoms with van der Waals surface area (Å²) in [5.74, 6) is 1.59. The summed E-state index contributed by atoms with van der Waals surface area (Å²) in [4.78, 5) is 0. The van der Waals surface area contributed by atoms with Crippen molar-refractivity contribution in [2.24, 2.45) is 5.92 Å². The van der Waals surface area contributed by atoms with E-state index in [-0.39, 0.29) is 0 Å². The number of hydrogen-bond acceptors (Lipinski definition) is 2. The first kappa shape index (κ1) is 7.65. The fourth-order valence-corrected chi connectivity index (χ4v) is 1.53. The van der Waals surface area contributed by atoms with Gasteiger partial charge < -0.3 is 4.74 Å². The molecule has 0 N–H and O–H groups in total. The minimum atomic E-state index is 0.636. The van der Waals surface area contributed by atoms with E-state index in [9.17, 15) is 0 Å². The molecular weight excluding hydrogens is 152 g/mol. The van der Waals surface area contributed by atoms with Crippen molar-refractivity contribution in [2.75, 3.05) is 6.61 Å².